The first-order valence-electron chi connectivity index (χ1n) is 9.86. The Balaban J connectivity index is 1.46. The summed E-state index contributed by atoms with van der Waals surface area (Å²) in [6.07, 6.45) is 2.46. The zero-order valence-electron chi connectivity index (χ0n) is 17.2. The third kappa shape index (κ3) is 3.56. The number of sulfonamides is 1. The first-order chi connectivity index (χ1) is 14.2. The molecule has 2 aliphatic rings. The molecule has 4 rings (SSSR count). The zero-order chi connectivity index (χ0) is 21.6. The van der Waals surface area contributed by atoms with E-state index < -0.39 is 16.0 Å². The van der Waals surface area contributed by atoms with Gasteiger partial charge in [0.25, 0.3) is 5.91 Å². The van der Waals surface area contributed by atoms with Crippen molar-refractivity contribution >= 4 is 33.3 Å². The van der Waals surface area contributed by atoms with Crippen molar-refractivity contribution in [3.63, 3.8) is 0 Å². The van der Waals surface area contributed by atoms with Crippen LogP contribution in [0.15, 0.2) is 42.5 Å². The second-order valence-corrected chi connectivity index (χ2v) is 9.84. The smallest absolute Gasteiger partial charge is 0.338 e. The van der Waals surface area contributed by atoms with E-state index in [9.17, 15) is 18.0 Å². The van der Waals surface area contributed by atoms with Crippen LogP contribution in [0.25, 0.3) is 0 Å². The largest absolute Gasteiger partial charge is 0.452 e. The Morgan fingerprint density at radius 2 is 1.70 bits per heavy atom. The predicted octanol–water partition coefficient (Wildman–Crippen LogP) is 2.53. The van der Waals surface area contributed by atoms with E-state index in [2.05, 4.69) is 0 Å². The lowest BCUT2D eigenvalue weighted by atomic mass is 10.1. The second kappa shape index (κ2) is 7.43. The van der Waals surface area contributed by atoms with Gasteiger partial charge in [0.05, 0.1) is 17.5 Å². The molecule has 8 heteroatoms. The minimum absolute atomic E-state index is 0.0112. The molecule has 0 saturated carbocycles. The Bertz CT molecular complexity index is 1130. The number of ether oxygens (including phenoxy) is 1. The van der Waals surface area contributed by atoms with Crippen LogP contribution >= 0.6 is 0 Å². The fourth-order valence-electron chi connectivity index (χ4n) is 4.46. The molecule has 2 aliphatic heterocycles. The van der Waals surface area contributed by atoms with Crippen molar-refractivity contribution in [2.45, 2.75) is 38.8 Å². The van der Waals surface area contributed by atoms with Crippen LogP contribution < -0.4 is 9.21 Å². The number of para-hydroxylation sites is 1. The van der Waals surface area contributed by atoms with Crippen LogP contribution in [0.3, 0.4) is 0 Å². The van der Waals surface area contributed by atoms with E-state index in [-0.39, 0.29) is 24.6 Å². The van der Waals surface area contributed by atoms with Crippen LogP contribution in [0, 0.1) is 0 Å². The summed E-state index contributed by atoms with van der Waals surface area (Å²) < 4.78 is 30.7. The highest BCUT2D eigenvalue weighted by molar-refractivity contribution is 7.92. The van der Waals surface area contributed by atoms with Gasteiger partial charge in [-0.25, -0.2) is 13.2 Å². The lowest BCUT2D eigenvalue weighted by Crippen LogP contribution is -2.38. The summed E-state index contributed by atoms with van der Waals surface area (Å²) in [5.74, 6) is -0.865. The number of rotatable bonds is 4. The molecule has 0 radical (unpaired) electrons. The number of hydrogen-bond donors (Lipinski definition) is 0. The topological polar surface area (TPSA) is 84.0 Å². The van der Waals surface area contributed by atoms with Crippen molar-refractivity contribution in [2.24, 2.45) is 0 Å². The van der Waals surface area contributed by atoms with E-state index in [0.717, 1.165) is 23.2 Å². The van der Waals surface area contributed by atoms with Crippen molar-refractivity contribution in [3.8, 4) is 0 Å². The number of carbonyl (C=O) groups excluding carboxylic acids is 2. The fraction of sp³-hybridized carbons (Fsp3) is 0.364. The highest BCUT2D eigenvalue weighted by Gasteiger charge is 2.34. The Hall–Kier alpha value is -2.87. The van der Waals surface area contributed by atoms with Gasteiger partial charge >= 0.3 is 5.97 Å². The van der Waals surface area contributed by atoms with Crippen molar-refractivity contribution in [2.75, 3.05) is 22.1 Å². The summed E-state index contributed by atoms with van der Waals surface area (Å²) in [7, 11) is -3.39. The molecule has 0 fully saturated rings. The van der Waals surface area contributed by atoms with E-state index >= 15 is 0 Å². The average molecular weight is 429 g/mol. The van der Waals surface area contributed by atoms with Crippen molar-refractivity contribution in [1.29, 1.82) is 0 Å². The van der Waals surface area contributed by atoms with E-state index in [1.807, 2.05) is 38.1 Å². The minimum atomic E-state index is -3.39. The minimum Gasteiger partial charge on any atom is -0.452 e. The Labute approximate surface area is 176 Å². The normalized spacial score (nSPS) is 20.1. The van der Waals surface area contributed by atoms with E-state index in [1.54, 1.807) is 17.0 Å². The summed E-state index contributed by atoms with van der Waals surface area (Å²) in [4.78, 5) is 26.9. The van der Waals surface area contributed by atoms with Crippen LogP contribution in [0.5, 0.6) is 0 Å². The van der Waals surface area contributed by atoms with Gasteiger partial charge in [-0.05, 0) is 62.1 Å². The molecule has 158 valence electrons. The van der Waals surface area contributed by atoms with E-state index in [0.29, 0.717) is 17.7 Å². The van der Waals surface area contributed by atoms with Crippen LogP contribution in [-0.4, -0.2) is 45.2 Å². The fourth-order valence-corrected chi connectivity index (χ4v) is 5.72. The molecule has 2 aromatic rings. The maximum Gasteiger partial charge on any atom is 0.338 e. The Morgan fingerprint density at radius 1 is 1.00 bits per heavy atom. The van der Waals surface area contributed by atoms with Crippen LogP contribution in [0.4, 0.5) is 11.4 Å². The van der Waals surface area contributed by atoms with E-state index in [1.165, 1.54) is 16.6 Å². The number of carbonyl (C=O) groups is 2. The third-order valence-corrected chi connectivity index (χ3v) is 6.90. The van der Waals surface area contributed by atoms with Gasteiger partial charge in [0.15, 0.2) is 6.61 Å². The monoisotopic (exact) mass is 428 g/mol. The molecule has 2 atom stereocenters. The molecule has 2 heterocycles. The van der Waals surface area contributed by atoms with Gasteiger partial charge in [-0.1, -0.05) is 18.2 Å². The first kappa shape index (κ1) is 20.4. The molecule has 2 aromatic carbocycles. The summed E-state index contributed by atoms with van der Waals surface area (Å²) in [6.45, 7) is 3.45. The van der Waals surface area contributed by atoms with Gasteiger partial charge in [0.1, 0.15) is 0 Å². The highest BCUT2D eigenvalue weighted by atomic mass is 32.2. The average Bonchev–Trinajstić information content (AvgIpc) is 3.19. The number of amides is 1. The van der Waals surface area contributed by atoms with Gasteiger partial charge in [-0.3, -0.25) is 9.10 Å². The number of anilines is 2. The summed E-state index contributed by atoms with van der Waals surface area (Å²) in [6, 6.07) is 12.3. The maximum absolute atomic E-state index is 12.7. The van der Waals surface area contributed by atoms with Gasteiger partial charge in [0, 0.05) is 17.8 Å². The number of fused-ring (bicyclic) bond motifs is 2. The SMILES string of the molecule is C[C@H]1Cc2ccccc2N1C(=O)COC(=O)c1ccc2c(c1)C[C@H](C)N2S(C)(=O)=O. The van der Waals surface area contributed by atoms with Crippen molar-refractivity contribution in [3.05, 3.63) is 59.2 Å². The van der Waals surface area contributed by atoms with Crippen LogP contribution in [0.1, 0.15) is 35.3 Å². The standard InChI is InChI=1S/C22H24N2O5S/c1-14-10-16-6-4-5-7-19(16)23(14)21(25)13-29-22(26)17-8-9-20-18(12-17)11-15(2)24(20)30(3,27)28/h4-9,12,14-15H,10-11,13H2,1-3H3/t14-,15-/m0/s1. The number of nitrogens with zero attached hydrogens (tertiary/aromatic N) is 2. The predicted molar refractivity (Wildman–Crippen MR) is 114 cm³/mol. The molecular formula is C22H24N2O5S. The highest BCUT2D eigenvalue weighted by Crippen LogP contribution is 2.35. The van der Waals surface area contributed by atoms with Gasteiger partial charge < -0.3 is 9.64 Å². The van der Waals surface area contributed by atoms with Crippen LogP contribution in [-0.2, 0) is 32.4 Å². The molecule has 0 spiro atoms. The Kier molecular flexibility index (Phi) is 5.05. The van der Waals surface area contributed by atoms with Crippen molar-refractivity contribution < 1.29 is 22.7 Å². The third-order valence-electron chi connectivity index (χ3n) is 5.63. The molecular weight excluding hydrogens is 404 g/mol. The van der Waals surface area contributed by atoms with Crippen molar-refractivity contribution in [1.82, 2.24) is 0 Å². The number of hydrogen-bond acceptors (Lipinski definition) is 5. The number of esters is 1. The molecule has 0 saturated heterocycles. The van der Waals surface area contributed by atoms with Crippen LogP contribution in [0.2, 0.25) is 0 Å². The first-order valence-corrected chi connectivity index (χ1v) is 11.7. The molecule has 0 unspecified atom stereocenters. The zero-order valence-corrected chi connectivity index (χ0v) is 18.0. The number of benzene rings is 2. The van der Waals surface area contributed by atoms with Gasteiger partial charge in [-0.15, -0.1) is 0 Å². The van der Waals surface area contributed by atoms with Gasteiger partial charge in [0.2, 0.25) is 10.0 Å². The molecule has 1 amide bonds. The lowest BCUT2D eigenvalue weighted by Gasteiger charge is -2.22. The van der Waals surface area contributed by atoms with E-state index in [4.69, 9.17) is 4.74 Å². The molecule has 0 bridgehead atoms. The second-order valence-electron chi connectivity index (χ2n) is 7.98. The molecule has 0 N–H and O–H groups in total. The molecule has 0 aliphatic carbocycles. The lowest BCUT2D eigenvalue weighted by molar-refractivity contribution is -0.122. The molecule has 7 nitrogen and oxygen atoms in total. The Morgan fingerprint density at radius 3 is 2.43 bits per heavy atom. The molecule has 30 heavy (non-hydrogen) atoms. The van der Waals surface area contributed by atoms with Gasteiger partial charge in [-0.2, -0.15) is 0 Å². The summed E-state index contributed by atoms with van der Waals surface area (Å²) in [5.41, 5.74) is 3.63. The molecule has 0 aromatic heterocycles. The summed E-state index contributed by atoms with van der Waals surface area (Å²) >= 11 is 0. The quantitative estimate of drug-likeness (QED) is 0.699. The summed E-state index contributed by atoms with van der Waals surface area (Å²) in [5, 5.41) is 0. The maximum atomic E-state index is 12.7.